The van der Waals surface area contributed by atoms with Gasteiger partial charge < -0.3 is 29.3 Å². The van der Waals surface area contributed by atoms with Crippen LogP contribution >= 0.6 is 0 Å². The highest BCUT2D eigenvalue weighted by Gasteiger charge is 2.46. The summed E-state index contributed by atoms with van der Waals surface area (Å²) in [5.41, 5.74) is 3.16. The largest absolute Gasteiger partial charge is 0.374 e. The minimum absolute atomic E-state index is 0.0483. The van der Waals surface area contributed by atoms with Gasteiger partial charge >= 0.3 is 0 Å². The van der Waals surface area contributed by atoms with Crippen molar-refractivity contribution in [3.05, 3.63) is 78.0 Å². The van der Waals surface area contributed by atoms with E-state index in [9.17, 15) is 28.0 Å². The molecule has 1 aliphatic carbocycles. The third-order valence-electron chi connectivity index (χ3n) is 15.8. The molecule has 1 aromatic carbocycles. The first-order chi connectivity index (χ1) is 33.1. The van der Waals surface area contributed by atoms with Crippen molar-refractivity contribution in [1.29, 1.82) is 0 Å². The van der Waals surface area contributed by atoms with Gasteiger partial charge in [0, 0.05) is 74.4 Å². The fourth-order valence-corrected chi connectivity index (χ4v) is 12.3. The predicted octanol–water partition coefficient (Wildman–Crippen LogP) is 5.86. The van der Waals surface area contributed by atoms with Crippen LogP contribution in [0.25, 0.3) is 27.6 Å². The van der Waals surface area contributed by atoms with Crippen LogP contribution in [0.15, 0.2) is 61.2 Å². The molecule has 6 fully saturated rings. The van der Waals surface area contributed by atoms with Crippen LogP contribution in [-0.4, -0.2) is 125 Å². The van der Waals surface area contributed by atoms with Crippen LogP contribution in [0.2, 0.25) is 0 Å². The summed E-state index contributed by atoms with van der Waals surface area (Å²) in [6.45, 7) is 5.90. The van der Waals surface area contributed by atoms with Gasteiger partial charge in [-0.15, -0.1) is 0 Å². The van der Waals surface area contributed by atoms with Gasteiger partial charge in [0.2, 0.25) is 17.7 Å². The molecular formula is C49H54F2N12O5. The summed E-state index contributed by atoms with van der Waals surface area (Å²) in [7, 11) is 0. The van der Waals surface area contributed by atoms with E-state index in [1.807, 2.05) is 33.7 Å². The molecule has 3 atom stereocenters. The Morgan fingerprint density at radius 3 is 2.59 bits per heavy atom. The van der Waals surface area contributed by atoms with E-state index in [0.717, 1.165) is 99.1 Å². The number of pyridine rings is 1. The van der Waals surface area contributed by atoms with Crippen LogP contribution in [0.1, 0.15) is 104 Å². The minimum Gasteiger partial charge on any atom is -0.374 e. The van der Waals surface area contributed by atoms with E-state index in [1.54, 1.807) is 17.1 Å². The molecule has 354 valence electrons. The van der Waals surface area contributed by atoms with Crippen molar-refractivity contribution >= 4 is 62.7 Å². The van der Waals surface area contributed by atoms with Gasteiger partial charge in [0.05, 0.1) is 42.2 Å². The lowest BCUT2D eigenvalue weighted by Crippen LogP contribution is -2.61. The number of hydrogen-bond acceptors (Lipinski definition) is 11. The number of rotatable bonds is 11. The number of alkyl halides is 2. The zero-order chi connectivity index (χ0) is 46.3. The maximum absolute atomic E-state index is 14.4. The van der Waals surface area contributed by atoms with Crippen molar-refractivity contribution in [2.75, 3.05) is 56.1 Å². The van der Waals surface area contributed by atoms with Crippen molar-refractivity contribution in [2.24, 2.45) is 11.3 Å². The molecule has 12 rings (SSSR count). The van der Waals surface area contributed by atoms with Crippen molar-refractivity contribution in [1.82, 2.24) is 49.0 Å². The Kier molecular flexibility index (Phi) is 10.8. The summed E-state index contributed by atoms with van der Waals surface area (Å²) in [5, 5.41) is 15.9. The molecule has 1 saturated carbocycles. The lowest BCUT2D eigenvalue weighted by molar-refractivity contribution is -0.142. The van der Waals surface area contributed by atoms with Crippen LogP contribution in [-0.2, 0) is 25.5 Å². The molecular weight excluding hydrogens is 875 g/mol. The normalized spacial score (nSPS) is 25.0. The summed E-state index contributed by atoms with van der Waals surface area (Å²) < 4.78 is 39.5. The Morgan fingerprint density at radius 2 is 1.82 bits per heavy atom. The molecule has 5 saturated heterocycles. The number of halogens is 2. The van der Waals surface area contributed by atoms with Crippen molar-refractivity contribution in [2.45, 2.75) is 101 Å². The number of hydrogen-bond donors (Lipinski definition) is 2. The van der Waals surface area contributed by atoms with Gasteiger partial charge in [0.25, 0.3) is 12.3 Å². The quantitative estimate of drug-likeness (QED) is 0.149. The second-order valence-corrected chi connectivity index (χ2v) is 19.9. The number of ether oxygens (including phenoxy) is 1. The van der Waals surface area contributed by atoms with Gasteiger partial charge in [-0.05, 0) is 106 Å². The van der Waals surface area contributed by atoms with E-state index < -0.39 is 24.1 Å². The maximum atomic E-state index is 14.4. The molecule has 2 bridgehead atoms. The molecule has 6 aromatic rings. The third kappa shape index (κ3) is 7.57. The highest BCUT2D eigenvalue weighted by molar-refractivity contribution is 6.10. The first-order valence-electron chi connectivity index (χ1n) is 24.2. The van der Waals surface area contributed by atoms with E-state index in [2.05, 4.69) is 47.7 Å². The molecule has 5 aromatic heterocycles. The number of carbonyl (C=O) groups is 4. The molecule has 17 nitrogen and oxygen atoms in total. The second-order valence-electron chi connectivity index (χ2n) is 19.9. The zero-order valence-electron chi connectivity index (χ0n) is 37.7. The van der Waals surface area contributed by atoms with Crippen molar-refractivity contribution in [3.63, 3.8) is 0 Å². The van der Waals surface area contributed by atoms with E-state index in [0.29, 0.717) is 50.8 Å². The second kappa shape index (κ2) is 17.0. The maximum Gasteiger partial charge on any atom is 0.284 e. The molecule has 6 aliphatic rings. The van der Waals surface area contributed by atoms with Crippen LogP contribution in [0.4, 0.5) is 20.3 Å². The number of amides is 4. The lowest BCUT2D eigenvalue weighted by atomic mass is 9.71. The lowest BCUT2D eigenvalue weighted by Gasteiger charge is -2.54. The number of anilines is 2. The number of nitrogens with zero attached hydrogens (tertiary/aromatic N) is 10. The summed E-state index contributed by atoms with van der Waals surface area (Å²) in [6.07, 6.45) is 11.7. The summed E-state index contributed by atoms with van der Waals surface area (Å²) in [6, 6.07) is 11.7. The predicted molar refractivity (Wildman–Crippen MR) is 246 cm³/mol. The smallest absolute Gasteiger partial charge is 0.284 e. The van der Waals surface area contributed by atoms with Gasteiger partial charge in [0.15, 0.2) is 11.3 Å². The van der Waals surface area contributed by atoms with Crippen LogP contribution in [0, 0.1) is 11.3 Å². The van der Waals surface area contributed by atoms with Gasteiger partial charge in [0.1, 0.15) is 23.1 Å². The van der Waals surface area contributed by atoms with Gasteiger partial charge in [-0.3, -0.25) is 29.2 Å². The van der Waals surface area contributed by atoms with E-state index in [1.165, 1.54) is 22.5 Å². The fourth-order valence-electron chi connectivity index (χ4n) is 12.3. The van der Waals surface area contributed by atoms with Crippen LogP contribution < -0.4 is 15.5 Å². The molecule has 4 amide bonds. The SMILES string of the molecule is O=C1CCC(n2c3cccc(CCCN4CC5(CCN(C(=O)[C@H]6CC[C@H](n7cc(NC(=O)c8cnn9ccc(N%10C[C@H]%11C[C@@H]%10CO%11)nc89)c(C(F)F)n7)CC6)CC5)C4)c3c3cccnc32)C(=O)N1. The van der Waals surface area contributed by atoms with Gasteiger partial charge in [-0.25, -0.2) is 23.3 Å². The number of benzene rings is 1. The van der Waals surface area contributed by atoms with Gasteiger partial charge in [-0.1, -0.05) is 12.1 Å². The molecule has 68 heavy (non-hydrogen) atoms. The molecule has 10 heterocycles. The number of piperidine rings is 2. The Morgan fingerprint density at radius 1 is 0.985 bits per heavy atom. The number of nitrogens with one attached hydrogen (secondary N) is 2. The molecule has 1 spiro atoms. The summed E-state index contributed by atoms with van der Waals surface area (Å²) in [5.74, 6) is -0.315. The number of morpholine rings is 1. The Balaban J connectivity index is 0.622. The zero-order valence-corrected chi connectivity index (χ0v) is 37.7. The first-order valence-corrected chi connectivity index (χ1v) is 24.2. The molecule has 19 heteroatoms. The molecule has 0 radical (unpaired) electrons. The number of aromatic nitrogens is 7. The number of likely N-dealkylation sites (tertiary alicyclic amines) is 2. The first kappa shape index (κ1) is 43.0. The topological polar surface area (TPSA) is 177 Å². The average molecular weight is 929 g/mol. The Hall–Kier alpha value is -6.34. The van der Waals surface area contributed by atoms with E-state index >= 15 is 0 Å². The number of aryl methyl sites for hydroxylation is 1. The fraction of sp³-hybridized carbons (Fsp3) is 0.510. The number of carbonyl (C=O) groups excluding carboxylic acids is 4. The van der Waals surface area contributed by atoms with E-state index in [-0.39, 0.29) is 58.5 Å². The van der Waals surface area contributed by atoms with Crippen molar-refractivity contribution in [3.8, 4) is 0 Å². The Bertz CT molecular complexity index is 2960. The highest BCUT2D eigenvalue weighted by atomic mass is 19.3. The Labute approximate surface area is 390 Å². The average Bonchev–Trinajstić information content (AvgIpc) is 4.20. The monoisotopic (exact) mass is 928 g/mol. The number of imide groups is 1. The highest BCUT2D eigenvalue weighted by Crippen LogP contribution is 2.43. The van der Waals surface area contributed by atoms with Gasteiger partial charge in [-0.2, -0.15) is 10.2 Å². The van der Waals surface area contributed by atoms with Crippen LogP contribution in [0.5, 0.6) is 0 Å². The summed E-state index contributed by atoms with van der Waals surface area (Å²) >= 11 is 0. The minimum atomic E-state index is -2.90. The van der Waals surface area contributed by atoms with E-state index in [4.69, 9.17) is 9.72 Å². The standard InChI is InChI=1S/C49H54F2N12O5/c50-43(51)42-36(54-46(65)35-23-53-61-19-14-39(55-45(35)61)60-24-33-22-32(60)26-68-33)25-62(57-42)31-10-8-30(9-11-31)48(67)59-20-15-49(16-21-59)27-58(28-49)18-3-5-29-4-1-7-37-41(29)34-6-2-17-52-44(34)63(37)38-12-13-40(64)56-47(38)66/h1-2,4,6-7,14,17,19,23,25,30-33,38,43H,3,5,8-13,15-16,18,20-22,24,26-28H2,(H,54,65)(H,56,64,66)/t30-,31-,32-,33-,38?/m1/s1. The summed E-state index contributed by atoms with van der Waals surface area (Å²) in [4.78, 5) is 68.5. The van der Waals surface area contributed by atoms with Crippen LogP contribution in [0.3, 0.4) is 0 Å². The van der Waals surface area contributed by atoms with Crippen molar-refractivity contribution < 1.29 is 32.7 Å². The molecule has 5 aliphatic heterocycles. The number of fused-ring (bicyclic) bond motifs is 6. The molecule has 2 N–H and O–H groups in total. The molecule has 1 unspecified atom stereocenters. The third-order valence-corrected chi connectivity index (χ3v) is 15.8.